The van der Waals surface area contributed by atoms with Crippen molar-refractivity contribution in [3.05, 3.63) is 69.2 Å². The van der Waals surface area contributed by atoms with Crippen molar-refractivity contribution in [2.75, 3.05) is 0 Å². The molecule has 0 saturated carbocycles. The second-order valence-corrected chi connectivity index (χ2v) is 5.46. The van der Waals surface area contributed by atoms with E-state index in [4.69, 9.17) is 23.2 Å². The number of Topliss-reactive ketones (excluding diaryl/α,β-unsaturated/α-hetero) is 1. The molecular weight excluding hydrogens is 305 g/mol. The molecule has 1 unspecified atom stereocenters. The summed E-state index contributed by atoms with van der Waals surface area (Å²) in [5, 5.41) is 10.1. The molecule has 0 amide bonds. The van der Waals surface area contributed by atoms with Crippen LogP contribution in [0, 0.1) is 11.3 Å². The summed E-state index contributed by atoms with van der Waals surface area (Å²) in [6.45, 7) is 2.05. The number of carbonyl (C=O) groups is 1. The van der Waals surface area contributed by atoms with E-state index in [1.807, 2.05) is 25.1 Å². The maximum Gasteiger partial charge on any atom is 0.184 e. The molecule has 2 aromatic rings. The number of halogens is 2. The van der Waals surface area contributed by atoms with Gasteiger partial charge in [0.2, 0.25) is 0 Å². The van der Waals surface area contributed by atoms with E-state index in [9.17, 15) is 10.1 Å². The van der Waals surface area contributed by atoms with Crippen LogP contribution in [0.4, 0.5) is 0 Å². The lowest BCUT2D eigenvalue weighted by Crippen LogP contribution is -2.11. The molecule has 2 aromatic carbocycles. The smallest absolute Gasteiger partial charge is 0.184 e. The number of rotatable bonds is 4. The van der Waals surface area contributed by atoms with E-state index >= 15 is 0 Å². The molecule has 21 heavy (non-hydrogen) atoms. The molecule has 0 aliphatic heterocycles. The van der Waals surface area contributed by atoms with Gasteiger partial charge in [-0.25, -0.2) is 0 Å². The van der Waals surface area contributed by atoms with Crippen molar-refractivity contribution in [3.63, 3.8) is 0 Å². The van der Waals surface area contributed by atoms with Gasteiger partial charge < -0.3 is 0 Å². The minimum absolute atomic E-state index is 0.237. The fraction of sp³-hybridized carbons (Fsp3) is 0.176. The van der Waals surface area contributed by atoms with Gasteiger partial charge in [-0.3, -0.25) is 4.79 Å². The Kier molecular flexibility index (Phi) is 5.01. The number of nitriles is 1. The normalized spacial score (nSPS) is 11.7. The maximum atomic E-state index is 12.5. The molecule has 4 heteroatoms. The van der Waals surface area contributed by atoms with E-state index in [2.05, 4.69) is 0 Å². The van der Waals surface area contributed by atoms with Crippen molar-refractivity contribution in [2.24, 2.45) is 0 Å². The molecule has 0 spiro atoms. The Morgan fingerprint density at radius 3 is 2.33 bits per heavy atom. The first-order valence-electron chi connectivity index (χ1n) is 6.54. The second-order valence-electron chi connectivity index (χ2n) is 4.65. The molecule has 0 N–H and O–H groups in total. The Hall–Kier alpha value is -1.82. The molecule has 1 atom stereocenters. The van der Waals surface area contributed by atoms with Gasteiger partial charge in [0.15, 0.2) is 5.78 Å². The van der Waals surface area contributed by atoms with E-state index in [0.717, 1.165) is 12.0 Å². The lowest BCUT2D eigenvalue weighted by molar-refractivity contribution is 0.0979. The number of hydrogen-bond acceptors (Lipinski definition) is 2. The standard InChI is InChI=1S/C17H13Cl2NO/c1-2-11-3-5-12(6-4-11)17(21)14(10-20)13-7-8-15(18)16(19)9-13/h3-9,14H,2H2,1H3. The van der Waals surface area contributed by atoms with Gasteiger partial charge in [-0.1, -0.05) is 60.5 Å². The molecule has 0 aliphatic rings. The molecule has 0 saturated heterocycles. The van der Waals surface area contributed by atoms with Crippen LogP contribution in [0.25, 0.3) is 0 Å². The minimum atomic E-state index is -0.882. The Balaban J connectivity index is 2.33. The van der Waals surface area contributed by atoms with Crippen LogP contribution in [0.1, 0.15) is 34.3 Å². The minimum Gasteiger partial charge on any atom is -0.292 e. The summed E-state index contributed by atoms with van der Waals surface area (Å²) < 4.78 is 0. The SMILES string of the molecule is CCc1ccc(C(=O)C(C#N)c2ccc(Cl)c(Cl)c2)cc1. The first kappa shape index (κ1) is 15.6. The lowest BCUT2D eigenvalue weighted by atomic mass is 9.91. The molecular formula is C17H13Cl2NO. The molecule has 0 heterocycles. The predicted molar refractivity (Wildman–Crippen MR) is 85.0 cm³/mol. The highest BCUT2D eigenvalue weighted by atomic mass is 35.5. The first-order valence-corrected chi connectivity index (χ1v) is 7.30. The average molecular weight is 318 g/mol. The van der Waals surface area contributed by atoms with Crippen LogP contribution in [0.2, 0.25) is 10.0 Å². The number of nitrogens with zero attached hydrogens (tertiary/aromatic N) is 1. The first-order chi connectivity index (χ1) is 10.1. The molecule has 106 valence electrons. The van der Waals surface area contributed by atoms with Crippen molar-refractivity contribution in [3.8, 4) is 6.07 Å². The van der Waals surface area contributed by atoms with Gasteiger partial charge in [0, 0.05) is 5.56 Å². The molecule has 0 radical (unpaired) electrons. The van der Waals surface area contributed by atoms with E-state index < -0.39 is 5.92 Å². The number of benzene rings is 2. The third-order valence-electron chi connectivity index (χ3n) is 3.31. The van der Waals surface area contributed by atoms with Crippen molar-refractivity contribution >= 4 is 29.0 Å². The van der Waals surface area contributed by atoms with Crippen molar-refractivity contribution in [1.82, 2.24) is 0 Å². The van der Waals surface area contributed by atoms with Crippen LogP contribution >= 0.6 is 23.2 Å². The summed E-state index contributed by atoms with van der Waals surface area (Å²) in [6, 6.07) is 14.2. The van der Waals surface area contributed by atoms with E-state index in [1.54, 1.807) is 30.3 Å². The Labute approximate surface area is 133 Å². The molecule has 0 fully saturated rings. The third-order valence-corrected chi connectivity index (χ3v) is 4.05. The van der Waals surface area contributed by atoms with Crippen LogP contribution in [-0.2, 0) is 6.42 Å². The second kappa shape index (κ2) is 6.76. The number of ketones is 1. The molecule has 2 nitrogen and oxygen atoms in total. The van der Waals surface area contributed by atoms with Crippen LogP contribution in [-0.4, -0.2) is 5.78 Å². The van der Waals surface area contributed by atoms with Crippen molar-refractivity contribution in [2.45, 2.75) is 19.3 Å². The van der Waals surface area contributed by atoms with Gasteiger partial charge >= 0.3 is 0 Å². The van der Waals surface area contributed by atoms with Gasteiger partial charge in [0.25, 0.3) is 0 Å². The average Bonchev–Trinajstić information content (AvgIpc) is 2.51. The van der Waals surface area contributed by atoms with Crippen LogP contribution in [0.5, 0.6) is 0 Å². The van der Waals surface area contributed by atoms with Gasteiger partial charge in [-0.2, -0.15) is 5.26 Å². The fourth-order valence-electron chi connectivity index (χ4n) is 2.05. The zero-order chi connectivity index (χ0) is 15.4. The van der Waals surface area contributed by atoms with Crippen LogP contribution in [0.3, 0.4) is 0 Å². The maximum absolute atomic E-state index is 12.5. The number of carbonyl (C=O) groups excluding carboxylic acids is 1. The van der Waals surface area contributed by atoms with Gasteiger partial charge in [-0.05, 0) is 29.7 Å². The molecule has 0 bridgehead atoms. The predicted octanol–water partition coefficient (Wildman–Crippen LogP) is 5.05. The summed E-state index contributed by atoms with van der Waals surface area (Å²) in [7, 11) is 0. The molecule has 0 aromatic heterocycles. The largest absolute Gasteiger partial charge is 0.292 e. The van der Waals surface area contributed by atoms with E-state index in [1.165, 1.54) is 0 Å². The number of hydrogen-bond donors (Lipinski definition) is 0. The highest BCUT2D eigenvalue weighted by Crippen LogP contribution is 2.28. The zero-order valence-electron chi connectivity index (χ0n) is 11.4. The highest BCUT2D eigenvalue weighted by Gasteiger charge is 2.22. The van der Waals surface area contributed by atoms with Crippen LogP contribution in [0.15, 0.2) is 42.5 Å². The van der Waals surface area contributed by atoms with Gasteiger partial charge in [0.05, 0.1) is 16.1 Å². The Morgan fingerprint density at radius 2 is 1.81 bits per heavy atom. The van der Waals surface area contributed by atoms with Gasteiger partial charge in [0.1, 0.15) is 5.92 Å². The zero-order valence-corrected chi connectivity index (χ0v) is 12.9. The quantitative estimate of drug-likeness (QED) is 0.741. The third kappa shape index (κ3) is 3.44. The lowest BCUT2D eigenvalue weighted by Gasteiger charge is -2.10. The Bertz CT molecular complexity index is 702. The topological polar surface area (TPSA) is 40.9 Å². The fourth-order valence-corrected chi connectivity index (χ4v) is 2.35. The number of aryl methyl sites for hydroxylation is 1. The van der Waals surface area contributed by atoms with Crippen LogP contribution < -0.4 is 0 Å². The monoisotopic (exact) mass is 317 g/mol. The summed E-state index contributed by atoms with van der Waals surface area (Å²) in [4.78, 5) is 12.5. The summed E-state index contributed by atoms with van der Waals surface area (Å²) in [5.74, 6) is -1.12. The summed E-state index contributed by atoms with van der Waals surface area (Å²) in [5.41, 5.74) is 2.22. The molecule has 0 aliphatic carbocycles. The summed E-state index contributed by atoms with van der Waals surface area (Å²) >= 11 is 11.8. The molecule has 2 rings (SSSR count). The van der Waals surface area contributed by atoms with E-state index in [0.29, 0.717) is 21.2 Å². The van der Waals surface area contributed by atoms with Gasteiger partial charge in [-0.15, -0.1) is 0 Å². The summed E-state index contributed by atoms with van der Waals surface area (Å²) in [6.07, 6.45) is 0.906. The highest BCUT2D eigenvalue weighted by molar-refractivity contribution is 6.42. The van der Waals surface area contributed by atoms with E-state index in [-0.39, 0.29) is 5.78 Å². The Morgan fingerprint density at radius 1 is 1.14 bits per heavy atom. The van der Waals surface area contributed by atoms with Crippen molar-refractivity contribution < 1.29 is 4.79 Å². The van der Waals surface area contributed by atoms with Crippen molar-refractivity contribution in [1.29, 1.82) is 5.26 Å².